The summed E-state index contributed by atoms with van der Waals surface area (Å²) in [5.74, 6) is 0.221. The third-order valence-electron chi connectivity index (χ3n) is 3.79. The quantitative estimate of drug-likeness (QED) is 0.788. The van der Waals surface area contributed by atoms with E-state index < -0.39 is 0 Å². The first-order valence-electron chi connectivity index (χ1n) is 6.22. The van der Waals surface area contributed by atoms with Gasteiger partial charge in [-0.2, -0.15) is 0 Å². The highest BCUT2D eigenvalue weighted by Crippen LogP contribution is 2.28. The number of nitrogens with two attached hydrogens (primary N) is 1. The van der Waals surface area contributed by atoms with Crippen LogP contribution in [0.1, 0.15) is 17.9 Å². The third kappa shape index (κ3) is 1.78. The minimum absolute atomic E-state index is 0.00358. The van der Waals surface area contributed by atoms with Crippen molar-refractivity contribution in [3.05, 3.63) is 36.0 Å². The zero-order valence-corrected chi connectivity index (χ0v) is 10.4. The van der Waals surface area contributed by atoms with Gasteiger partial charge in [0.1, 0.15) is 0 Å². The first kappa shape index (κ1) is 11.3. The molecule has 3 N–H and O–H groups in total. The molecule has 0 saturated carbocycles. The van der Waals surface area contributed by atoms with Crippen molar-refractivity contribution in [1.82, 2.24) is 9.88 Å². The molecule has 4 nitrogen and oxygen atoms in total. The van der Waals surface area contributed by atoms with Crippen LogP contribution in [0.25, 0.3) is 10.9 Å². The number of aromatic nitrogens is 1. The number of hydrogen-bond donors (Lipinski definition) is 2. The second-order valence-corrected chi connectivity index (χ2v) is 5.02. The summed E-state index contributed by atoms with van der Waals surface area (Å²) in [7, 11) is 2.03. The lowest BCUT2D eigenvalue weighted by Crippen LogP contribution is -2.47. The molecule has 0 bridgehead atoms. The van der Waals surface area contributed by atoms with Crippen molar-refractivity contribution < 1.29 is 4.79 Å². The molecule has 18 heavy (non-hydrogen) atoms. The number of aryl methyl sites for hydroxylation is 1. The summed E-state index contributed by atoms with van der Waals surface area (Å²) in [6, 6.07) is 8.44. The fourth-order valence-corrected chi connectivity index (χ4v) is 2.69. The Bertz CT molecular complexity index is 602. The van der Waals surface area contributed by atoms with Crippen LogP contribution in [0.15, 0.2) is 30.5 Å². The maximum atomic E-state index is 11.5. The second-order valence-electron chi connectivity index (χ2n) is 5.02. The predicted molar refractivity (Wildman–Crippen MR) is 71.3 cm³/mol. The summed E-state index contributed by atoms with van der Waals surface area (Å²) in [4.78, 5) is 11.5. The Morgan fingerprint density at radius 3 is 3.06 bits per heavy atom. The van der Waals surface area contributed by atoms with Crippen molar-refractivity contribution in [2.75, 3.05) is 6.54 Å². The molecule has 1 aliphatic heterocycles. The Kier molecular flexibility index (Phi) is 2.59. The maximum Gasteiger partial charge on any atom is 0.220 e. The average molecular weight is 243 g/mol. The van der Waals surface area contributed by atoms with Crippen LogP contribution in [0.5, 0.6) is 0 Å². The van der Waals surface area contributed by atoms with E-state index in [-0.39, 0.29) is 17.9 Å². The molecule has 1 amide bonds. The topological polar surface area (TPSA) is 60.0 Å². The normalized spacial score (nSPS) is 24.2. The molecule has 94 valence electrons. The molecule has 2 aromatic rings. The molecule has 4 heteroatoms. The van der Waals surface area contributed by atoms with E-state index in [1.165, 1.54) is 10.9 Å². The molecule has 0 aliphatic carbocycles. The lowest BCUT2D eigenvalue weighted by molar-refractivity contribution is -0.122. The number of carbonyl (C=O) groups is 1. The van der Waals surface area contributed by atoms with Crippen molar-refractivity contribution in [1.29, 1.82) is 0 Å². The molecular weight excluding hydrogens is 226 g/mol. The van der Waals surface area contributed by atoms with Crippen LogP contribution < -0.4 is 11.1 Å². The highest BCUT2D eigenvalue weighted by molar-refractivity contribution is 5.82. The van der Waals surface area contributed by atoms with Gasteiger partial charge in [0.2, 0.25) is 5.91 Å². The maximum absolute atomic E-state index is 11.5. The van der Waals surface area contributed by atoms with E-state index in [0.717, 1.165) is 5.56 Å². The standard InChI is InChI=1S/C14H17N3O/c1-17-5-4-10-6-9(2-3-13(10)17)11-7-14(18)16-8-12(11)15/h2-6,11-12H,7-8,15H2,1H3,(H,16,18). The van der Waals surface area contributed by atoms with Crippen molar-refractivity contribution in [2.24, 2.45) is 12.8 Å². The van der Waals surface area contributed by atoms with Crippen LogP contribution >= 0.6 is 0 Å². The number of fused-ring (bicyclic) bond motifs is 1. The van der Waals surface area contributed by atoms with Crippen molar-refractivity contribution in [3.8, 4) is 0 Å². The molecule has 2 unspecified atom stereocenters. The van der Waals surface area contributed by atoms with Gasteiger partial charge >= 0.3 is 0 Å². The molecule has 1 fully saturated rings. The highest BCUT2D eigenvalue weighted by atomic mass is 16.1. The Labute approximate surface area is 106 Å². The third-order valence-corrected chi connectivity index (χ3v) is 3.79. The summed E-state index contributed by atoms with van der Waals surface area (Å²) >= 11 is 0. The summed E-state index contributed by atoms with van der Waals surface area (Å²) in [6.07, 6.45) is 2.53. The predicted octanol–water partition coefficient (Wildman–Crippen LogP) is 1.11. The van der Waals surface area contributed by atoms with Gasteiger partial charge in [0.05, 0.1) is 0 Å². The number of nitrogens with zero attached hydrogens (tertiary/aromatic N) is 1. The zero-order chi connectivity index (χ0) is 12.7. The van der Waals surface area contributed by atoms with E-state index in [9.17, 15) is 4.79 Å². The smallest absolute Gasteiger partial charge is 0.220 e. The van der Waals surface area contributed by atoms with Gasteiger partial charge in [-0.05, 0) is 29.1 Å². The van der Waals surface area contributed by atoms with Gasteiger partial charge in [-0.15, -0.1) is 0 Å². The van der Waals surface area contributed by atoms with E-state index in [2.05, 4.69) is 34.1 Å². The fraction of sp³-hybridized carbons (Fsp3) is 0.357. The van der Waals surface area contributed by atoms with Crippen LogP contribution in [-0.4, -0.2) is 23.1 Å². The van der Waals surface area contributed by atoms with Gasteiger partial charge in [0.25, 0.3) is 0 Å². The molecule has 0 radical (unpaired) electrons. The van der Waals surface area contributed by atoms with Crippen LogP contribution in [-0.2, 0) is 11.8 Å². The summed E-state index contributed by atoms with van der Waals surface area (Å²) in [5, 5.41) is 4.01. The number of nitrogens with one attached hydrogen (secondary N) is 1. The van der Waals surface area contributed by atoms with E-state index in [4.69, 9.17) is 5.73 Å². The fourth-order valence-electron chi connectivity index (χ4n) is 2.69. The van der Waals surface area contributed by atoms with Crippen LogP contribution in [0.4, 0.5) is 0 Å². The Morgan fingerprint density at radius 2 is 2.22 bits per heavy atom. The Balaban J connectivity index is 2.00. The summed E-state index contributed by atoms with van der Waals surface area (Å²) in [6.45, 7) is 0.566. The zero-order valence-electron chi connectivity index (χ0n) is 10.4. The Hall–Kier alpha value is -1.81. The molecule has 0 spiro atoms. The molecule has 1 aliphatic rings. The first-order chi connectivity index (χ1) is 8.65. The van der Waals surface area contributed by atoms with E-state index >= 15 is 0 Å². The minimum Gasteiger partial charge on any atom is -0.355 e. The monoisotopic (exact) mass is 243 g/mol. The van der Waals surface area contributed by atoms with Gasteiger partial charge in [0.15, 0.2) is 0 Å². The highest BCUT2D eigenvalue weighted by Gasteiger charge is 2.27. The average Bonchev–Trinajstić information content (AvgIpc) is 2.74. The number of piperidine rings is 1. The van der Waals surface area contributed by atoms with E-state index in [1.54, 1.807) is 0 Å². The number of rotatable bonds is 1. The number of hydrogen-bond acceptors (Lipinski definition) is 2. The molecule has 2 atom stereocenters. The SMILES string of the molecule is Cn1ccc2cc(C3CC(=O)NCC3N)ccc21. The molecule has 1 saturated heterocycles. The minimum atomic E-state index is 0.00358. The van der Waals surface area contributed by atoms with Gasteiger partial charge < -0.3 is 15.6 Å². The van der Waals surface area contributed by atoms with Crippen molar-refractivity contribution in [3.63, 3.8) is 0 Å². The molecule has 3 rings (SSSR count). The summed E-state index contributed by atoms with van der Waals surface area (Å²) < 4.78 is 2.09. The molecule has 2 heterocycles. The number of amides is 1. The van der Waals surface area contributed by atoms with Crippen molar-refractivity contribution >= 4 is 16.8 Å². The van der Waals surface area contributed by atoms with Crippen molar-refractivity contribution in [2.45, 2.75) is 18.4 Å². The number of carbonyl (C=O) groups excluding carboxylic acids is 1. The first-order valence-corrected chi connectivity index (χ1v) is 6.22. The van der Waals surface area contributed by atoms with Gasteiger partial charge in [0, 0.05) is 43.7 Å². The van der Waals surface area contributed by atoms with Crippen LogP contribution in [0.3, 0.4) is 0 Å². The molecule has 1 aromatic carbocycles. The van der Waals surface area contributed by atoms with Crippen LogP contribution in [0, 0.1) is 0 Å². The molecular formula is C14H17N3O. The Morgan fingerprint density at radius 1 is 1.39 bits per heavy atom. The van der Waals surface area contributed by atoms with Gasteiger partial charge in [-0.3, -0.25) is 4.79 Å². The lowest BCUT2D eigenvalue weighted by atomic mass is 9.86. The largest absolute Gasteiger partial charge is 0.355 e. The summed E-state index contributed by atoms with van der Waals surface area (Å²) in [5.41, 5.74) is 8.47. The lowest BCUT2D eigenvalue weighted by Gasteiger charge is -2.29. The van der Waals surface area contributed by atoms with Gasteiger partial charge in [-0.25, -0.2) is 0 Å². The second kappa shape index (κ2) is 4.14. The number of benzene rings is 1. The van der Waals surface area contributed by atoms with Gasteiger partial charge in [-0.1, -0.05) is 6.07 Å². The molecule has 1 aromatic heterocycles. The van der Waals surface area contributed by atoms with Crippen LogP contribution in [0.2, 0.25) is 0 Å². The van der Waals surface area contributed by atoms with E-state index in [0.29, 0.717) is 13.0 Å². The van der Waals surface area contributed by atoms with E-state index in [1.807, 2.05) is 13.2 Å².